The van der Waals surface area contributed by atoms with Crippen molar-refractivity contribution in [1.29, 1.82) is 0 Å². The molecule has 0 spiro atoms. The number of rotatable bonds is 12. The molecular formula is C15H25NO4. The molecule has 1 aromatic carbocycles. The lowest BCUT2D eigenvalue weighted by Gasteiger charge is -2.09. The summed E-state index contributed by atoms with van der Waals surface area (Å²) in [6.45, 7) is 6.53. The molecule has 0 amide bonds. The molecule has 0 aliphatic rings. The van der Waals surface area contributed by atoms with Crippen LogP contribution in [0.2, 0.25) is 0 Å². The molecule has 0 atom stereocenters. The minimum atomic E-state index is 0.604. The minimum absolute atomic E-state index is 0.604. The monoisotopic (exact) mass is 283 g/mol. The van der Waals surface area contributed by atoms with E-state index < -0.39 is 0 Å². The Labute approximate surface area is 121 Å². The van der Waals surface area contributed by atoms with Crippen molar-refractivity contribution in [1.82, 2.24) is 0 Å². The Kier molecular flexibility index (Phi) is 9.65. The third-order valence-corrected chi connectivity index (χ3v) is 2.54. The molecule has 0 aliphatic heterocycles. The van der Waals surface area contributed by atoms with E-state index >= 15 is 0 Å². The Balaban J connectivity index is 1.98. The van der Waals surface area contributed by atoms with E-state index in [4.69, 9.17) is 18.9 Å². The van der Waals surface area contributed by atoms with Gasteiger partial charge in [0.25, 0.3) is 0 Å². The maximum Gasteiger partial charge on any atom is 0.119 e. The lowest BCUT2D eigenvalue weighted by Crippen LogP contribution is -2.13. The average Bonchev–Trinajstić information content (AvgIpc) is 2.47. The summed E-state index contributed by atoms with van der Waals surface area (Å²) in [7, 11) is 1.66. The molecule has 114 valence electrons. The highest BCUT2D eigenvalue weighted by Gasteiger charge is 1.95. The van der Waals surface area contributed by atoms with Crippen LogP contribution in [0.1, 0.15) is 6.92 Å². The molecular weight excluding hydrogens is 258 g/mol. The first-order valence-electron chi connectivity index (χ1n) is 6.98. The van der Waals surface area contributed by atoms with Gasteiger partial charge >= 0.3 is 0 Å². The van der Waals surface area contributed by atoms with Gasteiger partial charge in [0.1, 0.15) is 5.75 Å². The number of methoxy groups -OCH3 is 1. The molecule has 1 aromatic rings. The van der Waals surface area contributed by atoms with E-state index in [-0.39, 0.29) is 0 Å². The fourth-order valence-corrected chi connectivity index (χ4v) is 1.57. The van der Waals surface area contributed by atoms with E-state index in [2.05, 4.69) is 5.32 Å². The Bertz CT molecular complexity index is 329. The van der Waals surface area contributed by atoms with Gasteiger partial charge in [-0.2, -0.15) is 0 Å². The van der Waals surface area contributed by atoms with Gasteiger partial charge in [0.2, 0.25) is 0 Å². The van der Waals surface area contributed by atoms with Gasteiger partial charge in [-0.3, -0.25) is 0 Å². The van der Waals surface area contributed by atoms with Gasteiger partial charge in [-0.15, -0.1) is 0 Å². The summed E-state index contributed by atoms with van der Waals surface area (Å²) in [4.78, 5) is 0. The van der Waals surface area contributed by atoms with Crippen LogP contribution in [-0.4, -0.2) is 53.3 Å². The van der Waals surface area contributed by atoms with Crippen LogP contribution in [-0.2, 0) is 14.2 Å². The number of benzene rings is 1. The highest BCUT2D eigenvalue weighted by Crippen LogP contribution is 2.15. The van der Waals surface area contributed by atoms with Crippen LogP contribution < -0.4 is 10.1 Å². The average molecular weight is 283 g/mol. The minimum Gasteiger partial charge on any atom is -0.494 e. The molecule has 1 N–H and O–H groups in total. The summed E-state index contributed by atoms with van der Waals surface area (Å²) in [5.74, 6) is 0.891. The van der Waals surface area contributed by atoms with E-state index in [1.807, 2.05) is 31.2 Å². The third kappa shape index (κ3) is 7.99. The Hall–Kier alpha value is -1.30. The molecule has 0 heterocycles. The topological polar surface area (TPSA) is 49.0 Å². The van der Waals surface area contributed by atoms with Gasteiger partial charge in [0.15, 0.2) is 0 Å². The van der Waals surface area contributed by atoms with E-state index in [0.717, 1.165) is 18.0 Å². The predicted molar refractivity (Wildman–Crippen MR) is 79.6 cm³/mol. The van der Waals surface area contributed by atoms with Crippen molar-refractivity contribution >= 4 is 5.69 Å². The van der Waals surface area contributed by atoms with Crippen molar-refractivity contribution in [3.05, 3.63) is 24.3 Å². The molecule has 0 aromatic heterocycles. The van der Waals surface area contributed by atoms with Gasteiger partial charge in [-0.25, -0.2) is 0 Å². The SMILES string of the molecule is CCOc1ccc(NCCOCCOCCOC)cc1. The lowest BCUT2D eigenvalue weighted by atomic mass is 10.3. The molecule has 0 bridgehead atoms. The number of nitrogens with one attached hydrogen (secondary N) is 1. The van der Waals surface area contributed by atoms with Gasteiger partial charge in [-0.1, -0.05) is 0 Å². The zero-order valence-electron chi connectivity index (χ0n) is 12.4. The van der Waals surface area contributed by atoms with Crippen molar-refractivity contribution in [2.45, 2.75) is 6.92 Å². The molecule has 0 saturated heterocycles. The summed E-state index contributed by atoms with van der Waals surface area (Å²) in [6.07, 6.45) is 0. The largest absolute Gasteiger partial charge is 0.494 e. The second-order valence-electron chi connectivity index (χ2n) is 4.10. The Morgan fingerprint density at radius 1 is 0.900 bits per heavy atom. The summed E-state index contributed by atoms with van der Waals surface area (Å²) < 4.78 is 21.0. The molecule has 5 heteroatoms. The first-order chi connectivity index (χ1) is 9.86. The number of anilines is 1. The standard InChI is InChI=1S/C15H25NO4/c1-3-20-15-6-4-14(5-7-15)16-8-9-18-12-13-19-11-10-17-2/h4-7,16H,3,8-13H2,1-2H3. The first kappa shape index (κ1) is 16.8. The van der Waals surface area contributed by atoms with Crippen molar-refractivity contribution in [2.24, 2.45) is 0 Å². The maximum absolute atomic E-state index is 5.44. The highest BCUT2D eigenvalue weighted by molar-refractivity contribution is 5.46. The van der Waals surface area contributed by atoms with Crippen molar-refractivity contribution < 1.29 is 18.9 Å². The normalized spacial score (nSPS) is 10.5. The molecule has 5 nitrogen and oxygen atoms in total. The third-order valence-electron chi connectivity index (χ3n) is 2.54. The van der Waals surface area contributed by atoms with Gasteiger partial charge < -0.3 is 24.3 Å². The summed E-state index contributed by atoms with van der Waals surface area (Å²) in [5.41, 5.74) is 1.06. The number of ether oxygens (including phenoxy) is 4. The van der Waals surface area contributed by atoms with Crippen LogP contribution in [0.4, 0.5) is 5.69 Å². The summed E-state index contributed by atoms with van der Waals surface area (Å²) in [5, 5.41) is 3.28. The van der Waals surface area contributed by atoms with Crippen LogP contribution in [0.15, 0.2) is 24.3 Å². The highest BCUT2D eigenvalue weighted by atomic mass is 16.5. The predicted octanol–water partition coefficient (Wildman–Crippen LogP) is 2.18. The second kappa shape index (κ2) is 11.5. The van der Waals surface area contributed by atoms with Gasteiger partial charge in [0, 0.05) is 19.3 Å². The zero-order valence-corrected chi connectivity index (χ0v) is 12.4. The van der Waals surface area contributed by atoms with Crippen molar-refractivity contribution in [2.75, 3.05) is 58.6 Å². The van der Waals surface area contributed by atoms with Gasteiger partial charge in [-0.05, 0) is 31.2 Å². The van der Waals surface area contributed by atoms with Crippen LogP contribution >= 0.6 is 0 Å². The molecule has 0 saturated carbocycles. The van der Waals surface area contributed by atoms with Crippen molar-refractivity contribution in [3.8, 4) is 5.75 Å². The maximum atomic E-state index is 5.44. The van der Waals surface area contributed by atoms with Crippen LogP contribution in [0, 0.1) is 0 Å². The quantitative estimate of drug-likeness (QED) is 0.596. The van der Waals surface area contributed by atoms with E-state index in [0.29, 0.717) is 39.6 Å². The second-order valence-corrected chi connectivity index (χ2v) is 4.10. The number of hydrogen-bond donors (Lipinski definition) is 1. The Morgan fingerprint density at radius 3 is 2.20 bits per heavy atom. The Morgan fingerprint density at radius 2 is 1.55 bits per heavy atom. The van der Waals surface area contributed by atoms with Crippen molar-refractivity contribution in [3.63, 3.8) is 0 Å². The zero-order chi connectivity index (χ0) is 14.5. The molecule has 0 unspecified atom stereocenters. The van der Waals surface area contributed by atoms with E-state index in [1.54, 1.807) is 7.11 Å². The van der Waals surface area contributed by atoms with Crippen LogP contribution in [0.25, 0.3) is 0 Å². The molecule has 20 heavy (non-hydrogen) atoms. The summed E-state index contributed by atoms with van der Waals surface area (Å²) >= 11 is 0. The van der Waals surface area contributed by atoms with Gasteiger partial charge in [0.05, 0.1) is 39.6 Å². The molecule has 1 rings (SSSR count). The summed E-state index contributed by atoms with van der Waals surface area (Å²) in [6, 6.07) is 7.91. The fraction of sp³-hybridized carbons (Fsp3) is 0.600. The molecule has 0 radical (unpaired) electrons. The fourth-order valence-electron chi connectivity index (χ4n) is 1.57. The van der Waals surface area contributed by atoms with E-state index in [1.165, 1.54) is 0 Å². The number of hydrogen-bond acceptors (Lipinski definition) is 5. The molecule has 0 fully saturated rings. The lowest BCUT2D eigenvalue weighted by molar-refractivity contribution is 0.0272. The van der Waals surface area contributed by atoms with Crippen LogP contribution in [0.3, 0.4) is 0 Å². The van der Waals surface area contributed by atoms with E-state index in [9.17, 15) is 0 Å². The smallest absolute Gasteiger partial charge is 0.119 e. The van der Waals surface area contributed by atoms with Crippen LogP contribution in [0.5, 0.6) is 5.75 Å². The molecule has 0 aliphatic carbocycles. The first-order valence-corrected chi connectivity index (χ1v) is 6.98.